The van der Waals surface area contributed by atoms with Gasteiger partial charge in [-0.25, -0.2) is 8.42 Å². The maximum Gasteiger partial charge on any atom is 0.262 e. The molecule has 25 heavy (non-hydrogen) atoms. The summed E-state index contributed by atoms with van der Waals surface area (Å²) in [7, 11) is -3.73. The maximum atomic E-state index is 12.9. The average molecular weight is 368 g/mol. The Balaban J connectivity index is 1.80. The minimum Gasteiger partial charge on any atom is -0.280 e. The van der Waals surface area contributed by atoms with E-state index in [1.54, 1.807) is 24.3 Å². The molecule has 4 aromatic carbocycles. The predicted octanol–water partition coefficient (Wildman–Crippen LogP) is 5.45. The van der Waals surface area contributed by atoms with Crippen molar-refractivity contribution in [3.8, 4) is 0 Å². The Morgan fingerprint density at radius 1 is 0.720 bits per heavy atom. The van der Waals surface area contributed by atoms with Gasteiger partial charge in [0.2, 0.25) is 0 Å². The Labute approximate surface area is 150 Å². The molecule has 0 unspecified atom stereocenters. The molecule has 0 aliphatic heterocycles. The molecule has 4 rings (SSSR count). The third kappa shape index (κ3) is 2.95. The third-order valence-corrected chi connectivity index (χ3v) is 5.89. The zero-order valence-corrected chi connectivity index (χ0v) is 14.7. The van der Waals surface area contributed by atoms with Crippen LogP contribution >= 0.6 is 11.6 Å². The lowest BCUT2D eigenvalue weighted by atomic mass is 10.1. The quantitative estimate of drug-likeness (QED) is 0.523. The van der Waals surface area contributed by atoms with Gasteiger partial charge in [0.05, 0.1) is 4.90 Å². The summed E-state index contributed by atoms with van der Waals surface area (Å²) in [6.07, 6.45) is 0. The van der Waals surface area contributed by atoms with E-state index < -0.39 is 10.0 Å². The largest absolute Gasteiger partial charge is 0.280 e. The number of sulfonamides is 1. The van der Waals surface area contributed by atoms with Crippen LogP contribution in [0.3, 0.4) is 0 Å². The lowest BCUT2D eigenvalue weighted by molar-refractivity contribution is 0.602. The zero-order valence-electron chi connectivity index (χ0n) is 13.1. The van der Waals surface area contributed by atoms with Crippen molar-refractivity contribution in [2.24, 2.45) is 0 Å². The van der Waals surface area contributed by atoms with Crippen molar-refractivity contribution in [3.63, 3.8) is 0 Å². The van der Waals surface area contributed by atoms with Crippen LogP contribution in [0.15, 0.2) is 83.8 Å². The highest BCUT2D eigenvalue weighted by atomic mass is 35.5. The Kier molecular flexibility index (Phi) is 3.86. The molecule has 0 saturated carbocycles. The second-order valence-corrected chi connectivity index (χ2v) is 7.82. The van der Waals surface area contributed by atoms with E-state index in [1.165, 1.54) is 6.07 Å². The van der Waals surface area contributed by atoms with Crippen molar-refractivity contribution in [1.82, 2.24) is 0 Å². The SMILES string of the molecule is O=S(=O)(Nc1ccc2ccccc2c1)c1ccc(Cl)c2ccccc12. The van der Waals surface area contributed by atoms with Crippen LogP contribution < -0.4 is 4.72 Å². The number of nitrogens with one attached hydrogen (secondary N) is 1. The molecule has 0 saturated heterocycles. The maximum absolute atomic E-state index is 12.9. The minimum absolute atomic E-state index is 0.209. The van der Waals surface area contributed by atoms with E-state index in [0.717, 1.165) is 10.8 Å². The van der Waals surface area contributed by atoms with Crippen molar-refractivity contribution in [1.29, 1.82) is 0 Å². The summed E-state index contributed by atoms with van der Waals surface area (Å²) < 4.78 is 28.5. The lowest BCUT2D eigenvalue weighted by Crippen LogP contribution is -2.13. The molecule has 4 aromatic rings. The van der Waals surface area contributed by atoms with Gasteiger partial charge >= 0.3 is 0 Å². The Bertz CT molecular complexity index is 1200. The van der Waals surface area contributed by atoms with Crippen LogP contribution in [0.2, 0.25) is 5.02 Å². The molecule has 0 amide bonds. The van der Waals surface area contributed by atoms with Gasteiger partial charge in [-0.2, -0.15) is 0 Å². The van der Waals surface area contributed by atoms with Crippen LogP contribution in [-0.2, 0) is 10.0 Å². The molecule has 0 aliphatic rings. The van der Waals surface area contributed by atoms with Gasteiger partial charge in [-0.05, 0) is 35.0 Å². The summed E-state index contributed by atoms with van der Waals surface area (Å²) in [4.78, 5) is 0.209. The topological polar surface area (TPSA) is 46.2 Å². The van der Waals surface area contributed by atoms with Crippen LogP contribution in [-0.4, -0.2) is 8.42 Å². The Hall–Kier alpha value is -2.56. The summed E-state index contributed by atoms with van der Waals surface area (Å²) in [5, 5.41) is 3.88. The summed E-state index contributed by atoms with van der Waals surface area (Å²) in [5.41, 5.74) is 0.526. The number of benzene rings is 4. The summed E-state index contributed by atoms with van der Waals surface area (Å²) >= 11 is 6.19. The molecular weight excluding hydrogens is 354 g/mol. The van der Waals surface area contributed by atoms with Crippen LogP contribution in [0.4, 0.5) is 5.69 Å². The van der Waals surface area contributed by atoms with E-state index in [4.69, 9.17) is 11.6 Å². The van der Waals surface area contributed by atoms with Crippen LogP contribution in [0, 0.1) is 0 Å². The number of halogens is 1. The smallest absolute Gasteiger partial charge is 0.262 e. The van der Waals surface area contributed by atoms with Crippen LogP contribution in [0.25, 0.3) is 21.5 Å². The monoisotopic (exact) mass is 367 g/mol. The molecule has 0 bridgehead atoms. The molecule has 0 heterocycles. The fourth-order valence-corrected chi connectivity index (χ4v) is 4.42. The van der Waals surface area contributed by atoms with Crippen molar-refractivity contribution in [2.45, 2.75) is 4.90 Å². The average Bonchev–Trinajstić information content (AvgIpc) is 2.61. The second kappa shape index (κ2) is 6.06. The summed E-state index contributed by atoms with van der Waals surface area (Å²) in [6.45, 7) is 0. The molecule has 0 aromatic heterocycles. The highest BCUT2D eigenvalue weighted by molar-refractivity contribution is 7.93. The van der Waals surface area contributed by atoms with Crippen molar-refractivity contribution >= 4 is 48.9 Å². The first kappa shape index (κ1) is 15.9. The number of hydrogen-bond acceptors (Lipinski definition) is 2. The number of fused-ring (bicyclic) bond motifs is 2. The molecule has 0 atom stereocenters. The molecule has 124 valence electrons. The van der Waals surface area contributed by atoms with Gasteiger partial charge in [0.1, 0.15) is 0 Å². The van der Waals surface area contributed by atoms with Crippen molar-refractivity contribution in [3.05, 3.63) is 83.9 Å². The molecule has 1 N–H and O–H groups in total. The van der Waals surface area contributed by atoms with Gasteiger partial charge in [-0.15, -0.1) is 0 Å². The van der Waals surface area contributed by atoms with Crippen molar-refractivity contribution < 1.29 is 8.42 Å². The number of anilines is 1. The molecule has 0 aliphatic carbocycles. The highest BCUT2D eigenvalue weighted by Gasteiger charge is 2.18. The van der Waals surface area contributed by atoms with Gasteiger partial charge < -0.3 is 0 Å². The second-order valence-electron chi connectivity index (χ2n) is 5.76. The number of hydrogen-bond donors (Lipinski definition) is 1. The fourth-order valence-electron chi connectivity index (χ4n) is 2.93. The predicted molar refractivity (Wildman–Crippen MR) is 104 cm³/mol. The Morgan fingerprint density at radius 2 is 1.40 bits per heavy atom. The standard InChI is InChI=1S/C20H14ClNO2S/c21-19-11-12-20(18-8-4-3-7-17(18)19)25(23,24)22-16-10-9-14-5-1-2-6-15(14)13-16/h1-13,22H. The van der Waals surface area contributed by atoms with Crippen molar-refractivity contribution in [2.75, 3.05) is 4.72 Å². The van der Waals surface area contributed by atoms with E-state index in [2.05, 4.69) is 4.72 Å². The molecule has 0 radical (unpaired) electrons. The summed E-state index contributed by atoms with van der Waals surface area (Å²) in [5.74, 6) is 0. The lowest BCUT2D eigenvalue weighted by Gasteiger charge is -2.12. The van der Waals surface area contributed by atoms with Crippen LogP contribution in [0.5, 0.6) is 0 Å². The van der Waals surface area contributed by atoms with E-state index in [0.29, 0.717) is 21.5 Å². The zero-order chi connectivity index (χ0) is 17.4. The first-order valence-corrected chi connectivity index (χ1v) is 9.60. The molecule has 0 fully saturated rings. The van der Waals surface area contributed by atoms with Gasteiger partial charge in [-0.3, -0.25) is 4.72 Å². The normalized spacial score (nSPS) is 11.7. The van der Waals surface area contributed by atoms with Gasteiger partial charge in [0, 0.05) is 21.5 Å². The molecule has 5 heteroatoms. The highest BCUT2D eigenvalue weighted by Crippen LogP contribution is 2.30. The molecule has 0 spiro atoms. The van der Waals surface area contributed by atoms with E-state index in [1.807, 2.05) is 48.5 Å². The first-order chi connectivity index (χ1) is 12.0. The van der Waals surface area contributed by atoms with E-state index in [9.17, 15) is 8.42 Å². The number of rotatable bonds is 3. The van der Waals surface area contributed by atoms with Gasteiger partial charge in [0.15, 0.2) is 0 Å². The summed E-state index contributed by atoms with van der Waals surface area (Å²) in [6, 6.07) is 23.6. The third-order valence-electron chi connectivity index (χ3n) is 4.12. The molecular formula is C20H14ClNO2S. The van der Waals surface area contributed by atoms with E-state index >= 15 is 0 Å². The fraction of sp³-hybridized carbons (Fsp3) is 0. The van der Waals surface area contributed by atoms with Gasteiger partial charge in [-0.1, -0.05) is 66.2 Å². The van der Waals surface area contributed by atoms with Crippen LogP contribution in [0.1, 0.15) is 0 Å². The minimum atomic E-state index is -3.73. The molecule has 3 nitrogen and oxygen atoms in total. The van der Waals surface area contributed by atoms with E-state index in [-0.39, 0.29) is 4.90 Å². The Morgan fingerprint density at radius 3 is 2.20 bits per heavy atom. The van der Waals surface area contributed by atoms with Gasteiger partial charge in [0.25, 0.3) is 10.0 Å². The first-order valence-electron chi connectivity index (χ1n) is 7.73.